The van der Waals surface area contributed by atoms with E-state index in [4.69, 9.17) is 4.42 Å². The predicted molar refractivity (Wildman–Crippen MR) is 65.7 cm³/mol. The zero-order valence-electron chi connectivity index (χ0n) is 9.57. The Labute approximate surface area is 99.6 Å². The van der Waals surface area contributed by atoms with E-state index in [2.05, 4.69) is 10.6 Å². The maximum atomic E-state index is 11.5. The fourth-order valence-electron chi connectivity index (χ4n) is 1.49. The third-order valence-corrected chi connectivity index (χ3v) is 2.46. The molecular weight excluding hydrogens is 216 g/mol. The van der Waals surface area contributed by atoms with Gasteiger partial charge in [0.05, 0.1) is 6.26 Å². The van der Waals surface area contributed by atoms with E-state index in [1.165, 1.54) is 6.26 Å². The number of urea groups is 1. The second kappa shape index (κ2) is 5.21. The van der Waals surface area contributed by atoms with Crippen LogP contribution in [-0.4, -0.2) is 6.03 Å². The first-order valence-electron chi connectivity index (χ1n) is 5.38. The molecule has 0 saturated carbocycles. The normalized spacial score (nSPS) is 9.94. The molecule has 2 aromatic rings. The van der Waals surface area contributed by atoms with Gasteiger partial charge in [0.1, 0.15) is 0 Å². The third kappa shape index (κ3) is 3.11. The Hall–Kier alpha value is -2.23. The lowest BCUT2D eigenvalue weighted by Crippen LogP contribution is -2.28. The molecule has 17 heavy (non-hydrogen) atoms. The average Bonchev–Trinajstić information content (AvgIpc) is 2.81. The molecule has 0 aliphatic rings. The fourth-order valence-corrected chi connectivity index (χ4v) is 1.49. The summed E-state index contributed by atoms with van der Waals surface area (Å²) in [5.41, 5.74) is 2.26. The SMILES string of the molecule is Cc1ccccc1CNC(=O)Nc1ccco1. The number of amides is 2. The van der Waals surface area contributed by atoms with Crippen LogP contribution in [0.15, 0.2) is 47.1 Å². The van der Waals surface area contributed by atoms with Crippen molar-refractivity contribution in [3.63, 3.8) is 0 Å². The van der Waals surface area contributed by atoms with Gasteiger partial charge in [-0.25, -0.2) is 4.79 Å². The van der Waals surface area contributed by atoms with Crippen LogP contribution in [0.2, 0.25) is 0 Å². The van der Waals surface area contributed by atoms with E-state index in [0.29, 0.717) is 12.4 Å². The summed E-state index contributed by atoms with van der Waals surface area (Å²) in [4.78, 5) is 11.5. The number of rotatable bonds is 3. The molecule has 0 bridgehead atoms. The van der Waals surface area contributed by atoms with Crippen LogP contribution in [0.1, 0.15) is 11.1 Å². The van der Waals surface area contributed by atoms with Gasteiger partial charge in [-0.1, -0.05) is 24.3 Å². The standard InChI is InChI=1S/C13H14N2O2/c1-10-5-2-3-6-11(10)9-14-13(16)15-12-7-4-8-17-12/h2-8H,9H2,1H3,(H2,14,15,16). The van der Waals surface area contributed by atoms with Gasteiger partial charge in [-0.2, -0.15) is 0 Å². The number of hydrogen-bond donors (Lipinski definition) is 2. The van der Waals surface area contributed by atoms with Gasteiger partial charge in [-0.05, 0) is 24.1 Å². The van der Waals surface area contributed by atoms with Gasteiger partial charge in [-0.15, -0.1) is 0 Å². The molecule has 1 heterocycles. The highest BCUT2D eigenvalue weighted by atomic mass is 16.3. The van der Waals surface area contributed by atoms with Gasteiger partial charge in [-0.3, -0.25) is 5.32 Å². The molecule has 0 radical (unpaired) electrons. The summed E-state index contributed by atoms with van der Waals surface area (Å²) in [6.07, 6.45) is 1.51. The van der Waals surface area contributed by atoms with Crippen molar-refractivity contribution >= 4 is 11.9 Å². The molecule has 0 fully saturated rings. The highest BCUT2D eigenvalue weighted by molar-refractivity contribution is 5.87. The molecule has 1 aromatic heterocycles. The lowest BCUT2D eigenvalue weighted by molar-refractivity contribution is 0.251. The maximum Gasteiger partial charge on any atom is 0.321 e. The number of furan rings is 1. The minimum absolute atomic E-state index is 0.275. The van der Waals surface area contributed by atoms with E-state index < -0.39 is 0 Å². The molecule has 88 valence electrons. The molecule has 1 aromatic carbocycles. The lowest BCUT2D eigenvalue weighted by atomic mass is 10.1. The number of carbonyl (C=O) groups excluding carboxylic acids is 1. The molecule has 2 rings (SSSR count). The zero-order valence-corrected chi connectivity index (χ0v) is 9.57. The molecule has 0 atom stereocenters. The smallest absolute Gasteiger partial charge is 0.321 e. The van der Waals surface area contributed by atoms with Crippen molar-refractivity contribution in [3.05, 3.63) is 53.8 Å². The maximum absolute atomic E-state index is 11.5. The van der Waals surface area contributed by atoms with Crippen molar-refractivity contribution in [1.29, 1.82) is 0 Å². The van der Waals surface area contributed by atoms with Crippen molar-refractivity contribution in [3.8, 4) is 0 Å². The summed E-state index contributed by atoms with van der Waals surface area (Å²) >= 11 is 0. The summed E-state index contributed by atoms with van der Waals surface area (Å²) in [5, 5.41) is 5.36. The van der Waals surface area contributed by atoms with Crippen molar-refractivity contribution < 1.29 is 9.21 Å². The fraction of sp³-hybridized carbons (Fsp3) is 0.154. The van der Waals surface area contributed by atoms with Gasteiger partial charge in [0.2, 0.25) is 5.88 Å². The van der Waals surface area contributed by atoms with Crippen LogP contribution in [0.25, 0.3) is 0 Å². The van der Waals surface area contributed by atoms with Crippen LogP contribution in [-0.2, 0) is 6.54 Å². The van der Waals surface area contributed by atoms with Crippen LogP contribution < -0.4 is 10.6 Å². The number of benzene rings is 1. The minimum atomic E-state index is -0.275. The molecule has 4 nitrogen and oxygen atoms in total. The van der Waals surface area contributed by atoms with Crippen molar-refractivity contribution in [2.24, 2.45) is 0 Å². The monoisotopic (exact) mass is 230 g/mol. The largest absolute Gasteiger partial charge is 0.449 e. The molecule has 2 amide bonds. The van der Waals surface area contributed by atoms with Gasteiger partial charge < -0.3 is 9.73 Å². The number of hydrogen-bond acceptors (Lipinski definition) is 2. The van der Waals surface area contributed by atoms with Crippen LogP contribution >= 0.6 is 0 Å². The first-order chi connectivity index (χ1) is 8.25. The van der Waals surface area contributed by atoms with E-state index in [0.717, 1.165) is 11.1 Å². The van der Waals surface area contributed by atoms with Crippen LogP contribution in [0.5, 0.6) is 0 Å². The molecule has 4 heteroatoms. The molecule has 0 aliphatic heterocycles. The third-order valence-electron chi connectivity index (χ3n) is 2.46. The predicted octanol–water partition coefficient (Wildman–Crippen LogP) is 2.91. The summed E-state index contributed by atoms with van der Waals surface area (Å²) in [5.74, 6) is 0.437. The van der Waals surface area contributed by atoms with E-state index in [9.17, 15) is 4.79 Å². The lowest BCUT2D eigenvalue weighted by Gasteiger charge is -2.07. The molecule has 2 N–H and O–H groups in total. The van der Waals surface area contributed by atoms with E-state index >= 15 is 0 Å². The number of aryl methyl sites for hydroxylation is 1. The first-order valence-corrected chi connectivity index (χ1v) is 5.38. The molecule has 0 saturated heterocycles. The van der Waals surface area contributed by atoms with Crippen LogP contribution in [0.4, 0.5) is 10.7 Å². The Morgan fingerprint density at radius 2 is 2.06 bits per heavy atom. The topological polar surface area (TPSA) is 54.3 Å². The van der Waals surface area contributed by atoms with E-state index in [1.54, 1.807) is 12.1 Å². The Morgan fingerprint density at radius 3 is 2.76 bits per heavy atom. The minimum Gasteiger partial charge on any atom is -0.449 e. The van der Waals surface area contributed by atoms with Gasteiger partial charge >= 0.3 is 6.03 Å². The molecule has 0 aliphatic carbocycles. The zero-order chi connectivity index (χ0) is 12.1. The number of nitrogens with one attached hydrogen (secondary N) is 2. The Balaban J connectivity index is 1.86. The molecular formula is C13H14N2O2. The first kappa shape index (κ1) is 11.3. The van der Waals surface area contributed by atoms with E-state index in [1.807, 2.05) is 31.2 Å². The summed E-state index contributed by atoms with van der Waals surface area (Å²) in [6.45, 7) is 2.51. The summed E-state index contributed by atoms with van der Waals surface area (Å²) in [7, 11) is 0. The number of anilines is 1. The van der Waals surface area contributed by atoms with Gasteiger partial charge in [0, 0.05) is 12.6 Å². The second-order valence-corrected chi connectivity index (χ2v) is 3.71. The van der Waals surface area contributed by atoms with Gasteiger partial charge in [0.25, 0.3) is 0 Å². The summed E-state index contributed by atoms with van der Waals surface area (Å²) < 4.78 is 5.01. The van der Waals surface area contributed by atoms with Crippen molar-refractivity contribution in [2.45, 2.75) is 13.5 Å². The van der Waals surface area contributed by atoms with Gasteiger partial charge in [0.15, 0.2) is 0 Å². The quantitative estimate of drug-likeness (QED) is 0.851. The van der Waals surface area contributed by atoms with Crippen LogP contribution in [0, 0.1) is 6.92 Å². The Kier molecular flexibility index (Phi) is 3.45. The van der Waals surface area contributed by atoms with Crippen molar-refractivity contribution in [1.82, 2.24) is 5.32 Å². The molecule has 0 spiro atoms. The Bertz CT molecular complexity index is 492. The highest BCUT2D eigenvalue weighted by Crippen LogP contribution is 2.08. The van der Waals surface area contributed by atoms with Crippen LogP contribution in [0.3, 0.4) is 0 Å². The average molecular weight is 230 g/mol. The molecule has 0 unspecified atom stereocenters. The van der Waals surface area contributed by atoms with Crippen molar-refractivity contribution in [2.75, 3.05) is 5.32 Å². The van der Waals surface area contributed by atoms with E-state index in [-0.39, 0.29) is 6.03 Å². The summed E-state index contributed by atoms with van der Waals surface area (Å²) in [6, 6.07) is 11.1. The highest BCUT2D eigenvalue weighted by Gasteiger charge is 2.03. The number of carbonyl (C=O) groups is 1. The Morgan fingerprint density at radius 1 is 1.24 bits per heavy atom. The second-order valence-electron chi connectivity index (χ2n) is 3.71.